The lowest BCUT2D eigenvalue weighted by Gasteiger charge is -2.17. The van der Waals surface area contributed by atoms with Crippen LogP contribution >= 0.6 is 0 Å². The molecule has 1 rings (SSSR count). The first-order chi connectivity index (χ1) is 6.59. The molecule has 0 spiro atoms. The highest BCUT2D eigenvalue weighted by Gasteiger charge is 2.11. The van der Waals surface area contributed by atoms with Gasteiger partial charge in [-0.15, -0.1) is 0 Å². The molecule has 1 amide bonds. The van der Waals surface area contributed by atoms with E-state index >= 15 is 0 Å². The number of carbonyl (C=O) groups is 1. The molecule has 0 saturated carbocycles. The molecule has 1 aromatic heterocycles. The Bertz CT molecular complexity index is 280. The van der Waals surface area contributed by atoms with Gasteiger partial charge in [0.05, 0.1) is 6.26 Å². The smallest absolute Gasteiger partial charge is 0.287 e. The third-order valence-corrected chi connectivity index (χ3v) is 1.76. The molecule has 4 nitrogen and oxygen atoms in total. The second-order valence-electron chi connectivity index (χ2n) is 3.61. The third-order valence-electron chi connectivity index (χ3n) is 1.76. The summed E-state index contributed by atoms with van der Waals surface area (Å²) in [6.07, 6.45) is 1.49. The topological polar surface area (TPSA) is 45.5 Å². The van der Waals surface area contributed by atoms with Crippen molar-refractivity contribution in [1.29, 1.82) is 0 Å². The molecule has 1 unspecified atom stereocenters. The van der Waals surface area contributed by atoms with Crippen molar-refractivity contribution < 1.29 is 9.21 Å². The Balaban J connectivity index is 2.41. The number of amides is 1. The van der Waals surface area contributed by atoms with Crippen LogP contribution in [0.15, 0.2) is 22.8 Å². The first kappa shape index (κ1) is 10.8. The van der Waals surface area contributed by atoms with Crippen LogP contribution in [0.25, 0.3) is 0 Å². The van der Waals surface area contributed by atoms with E-state index in [1.165, 1.54) is 6.26 Å². The Kier molecular flexibility index (Phi) is 3.71. The highest BCUT2D eigenvalue weighted by atomic mass is 16.3. The van der Waals surface area contributed by atoms with Crippen LogP contribution in [-0.4, -0.2) is 37.5 Å². The van der Waals surface area contributed by atoms with Crippen LogP contribution < -0.4 is 5.32 Å². The van der Waals surface area contributed by atoms with Crippen molar-refractivity contribution in [3.05, 3.63) is 24.2 Å². The molecule has 0 radical (unpaired) electrons. The van der Waals surface area contributed by atoms with E-state index in [1.807, 2.05) is 25.9 Å². The van der Waals surface area contributed by atoms with E-state index in [4.69, 9.17) is 4.42 Å². The molecule has 0 saturated heterocycles. The van der Waals surface area contributed by atoms with Gasteiger partial charge >= 0.3 is 0 Å². The zero-order chi connectivity index (χ0) is 10.6. The fourth-order valence-corrected chi connectivity index (χ4v) is 1.30. The highest BCUT2D eigenvalue weighted by Crippen LogP contribution is 1.99. The molecule has 4 heteroatoms. The molecule has 0 aromatic carbocycles. The molecule has 14 heavy (non-hydrogen) atoms. The Morgan fingerprint density at radius 3 is 2.86 bits per heavy atom. The minimum atomic E-state index is -0.163. The Hall–Kier alpha value is -1.29. The zero-order valence-corrected chi connectivity index (χ0v) is 8.78. The number of furan rings is 1. The fourth-order valence-electron chi connectivity index (χ4n) is 1.30. The van der Waals surface area contributed by atoms with Crippen LogP contribution in [0.4, 0.5) is 0 Å². The van der Waals surface area contributed by atoms with Gasteiger partial charge in [-0.1, -0.05) is 0 Å². The van der Waals surface area contributed by atoms with Crippen LogP contribution in [-0.2, 0) is 0 Å². The minimum Gasteiger partial charge on any atom is -0.459 e. The van der Waals surface area contributed by atoms with Gasteiger partial charge in [0.2, 0.25) is 0 Å². The van der Waals surface area contributed by atoms with Crippen LogP contribution in [0, 0.1) is 0 Å². The molecular formula is C10H16N2O2. The predicted octanol–water partition coefficient (Wildman–Crippen LogP) is 0.959. The van der Waals surface area contributed by atoms with Crippen LogP contribution in [0.2, 0.25) is 0 Å². The molecule has 0 aliphatic rings. The standard InChI is InChI=1S/C10H16N2O2/c1-8(7-12(2)3)11-10(13)9-5-4-6-14-9/h4-6,8H,7H2,1-3H3,(H,11,13). The minimum absolute atomic E-state index is 0.114. The molecule has 1 N–H and O–H groups in total. The Labute approximate surface area is 83.9 Å². The number of carbonyl (C=O) groups excluding carboxylic acids is 1. The second kappa shape index (κ2) is 4.81. The van der Waals surface area contributed by atoms with Crippen molar-refractivity contribution >= 4 is 5.91 Å². The SMILES string of the molecule is CC(CN(C)C)NC(=O)c1ccco1. The zero-order valence-electron chi connectivity index (χ0n) is 8.78. The number of hydrogen-bond acceptors (Lipinski definition) is 3. The molecule has 0 aliphatic heterocycles. The molecule has 0 fully saturated rings. The highest BCUT2D eigenvalue weighted by molar-refractivity contribution is 5.91. The van der Waals surface area contributed by atoms with Crippen molar-refractivity contribution in [1.82, 2.24) is 10.2 Å². The first-order valence-corrected chi connectivity index (χ1v) is 4.58. The van der Waals surface area contributed by atoms with E-state index in [0.29, 0.717) is 5.76 Å². The third kappa shape index (κ3) is 3.22. The van der Waals surface area contributed by atoms with Crippen molar-refractivity contribution in [2.24, 2.45) is 0 Å². The van der Waals surface area contributed by atoms with E-state index in [2.05, 4.69) is 5.32 Å². The summed E-state index contributed by atoms with van der Waals surface area (Å²) in [5.74, 6) is 0.194. The van der Waals surface area contributed by atoms with E-state index < -0.39 is 0 Å². The molecule has 0 bridgehead atoms. The second-order valence-corrected chi connectivity index (χ2v) is 3.61. The summed E-state index contributed by atoms with van der Waals surface area (Å²) >= 11 is 0. The molecule has 0 aliphatic carbocycles. The molecular weight excluding hydrogens is 180 g/mol. The average Bonchev–Trinajstić information content (AvgIpc) is 2.53. The van der Waals surface area contributed by atoms with E-state index in [9.17, 15) is 4.79 Å². The van der Waals surface area contributed by atoms with Gasteiger partial charge in [0, 0.05) is 12.6 Å². The number of rotatable bonds is 4. The summed E-state index contributed by atoms with van der Waals surface area (Å²) in [5.41, 5.74) is 0. The van der Waals surface area contributed by atoms with Crippen molar-refractivity contribution in [2.45, 2.75) is 13.0 Å². The lowest BCUT2D eigenvalue weighted by atomic mass is 10.3. The number of likely N-dealkylation sites (N-methyl/N-ethyl adjacent to an activating group) is 1. The van der Waals surface area contributed by atoms with Gasteiger partial charge in [-0.05, 0) is 33.2 Å². The van der Waals surface area contributed by atoms with Crippen LogP contribution in [0.1, 0.15) is 17.5 Å². The van der Waals surface area contributed by atoms with Gasteiger partial charge in [0.25, 0.3) is 5.91 Å². The molecule has 1 aromatic rings. The maximum Gasteiger partial charge on any atom is 0.287 e. The van der Waals surface area contributed by atoms with Gasteiger partial charge in [-0.25, -0.2) is 0 Å². The normalized spacial score (nSPS) is 12.9. The molecule has 1 heterocycles. The van der Waals surface area contributed by atoms with Gasteiger partial charge in [-0.3, -0.25) is 4.79 Å². The summed E-state index contributed by atoms with van der Waals surface area (Å²) in [4.78, 5) is 13.5. The summed E-state index contributed by atoms with van der Waals surface area (Å²) in [7, 11) is 3.94. The van der Waals surface area contributed by atoms with Gasteiger partial charge in [0.15, 0.2) is 5.76 Å². The Morgan fingerprint density at radius 1 is 1.64 bits per heavy atom. The number of nitrogens with one attached hydrogen (secondary N) is 1. The van der Waals surface area contributed by atoms with Gasteiger partial charge < -0.3 is 14.6 Å². The van der Waals surface area contributed by atoms with Crippen molar-refractivity contribution in [3.63, 3.8) is 0 Å². The quantitative estimate of drug-likeness (QED) is 0.780. The van der Waals surface area contributed by atoms with E-state index in [1.54, 1.807) is 12.1 Å². The maximum atomic E-state index is 11.5. The summed E-state index contributed by atoms with van der Waals surface area (Å²) in [6.45, 7) is 2.77. The summed E-state index contributed by atoms with van der Waals surface area (Å²) in [6, 6.07) is 3.46. The van der Waals surface area contributed by atoms with Crippen molar-refractivity contribution in [3.8, 4) is 0 Å². The predicted molar refractivity (Wildman–Crippen MR) is 54.2 cm³/mol. The molecule has 1 atom stereocenters. The van der Waals surface area contributed by atoms with E-state index in [-0.39, 0.29) is 11.9 Å². The van der Waals surface area contributed by atoms with Crippen molar-refractivity contribution in [2.75, 3.05) is 20.6 Å². The van der Waals surface area contributed by atoms with Crippen LogP contribution in [0.3, 0.4) is 0 Å². The summed E-state index contributed by atoms with van der Waals surface area (Å²) < 4.78 is 4.98. The largest absolute Gasteiger partial charge is 0.459 e. The maximum absolute atomic E-state index is 11.5. The lowest BCUT2D eigenvalue weighted by molar-refractivity contribution is 0.0906. The number of nitrogens with zero attached hydrogens (tertiary/aromatic N) is 1. The van der Waals surface area contributed by atoms with Gasteiger partial charge in [0.1, 0.15) is 0 Å². The van der Waals surface area contributed by atoms with Gasteiger partial charge in [-0.2, -0.15) is 0 Å². The summed E-state index contributed by atoms with van der Waals surface area (Å²) in [5, 5.41) is 2.84. The Morgan fingerprint density at radius 2 is 2.36 bits per heavy atom. The lowest BCUT2D eigenvalue weighted by Crippen LogP contribution is -2.39. The number of hydrogen-bond donors (Lipinski definition) is 1. The fraction of sp³-hybridized carbons (Fsp3) is 0.500. The monoisotopic (exact) mass is 196 g/mol. The first-order valence-electron chi connectivity index (χ1n) is 4.58. The van der Waals surface area contributed by atoms with E-state index in [0.717, 1.165) is 6.54 Å². The average molecular weight is 196 g/mol. The van der Waals surface area contributed by atoms with Crippen LogP contribution in [0.5, 0.6) is 0 Å². The molecule has 78 valence electrons.